The molecule has 0 aliphatic carbocycles. The monoisotopic (exact) mass is 939 g/mol. The minimum absolute atomic E-state index is 0.0138. The summed E-state index contributed by atoms with van der Waals surface area (Å²) in [6.45, 7) is 3.81. The van der Waals surface area contributed by atoms with E-state index in [1.807, 2.05) is 0 Å². The topological polar surface area (TPSA) is 178 Å². The normalized spacial score (nSPS) is 20.2. The Morgan fingerprint density at radius 3 is 1.57 bits per heavy atom. The zero-order valence-corrected chi connectivity index (χ0v) is 41.1. The quantitative estimate of drug-likeness (QED) is 0.0197. The third kappa shape index (κ3) is 36.3. The van der Waals surface area contributed by atoms with Crippen molar-refractivity contribution in [2.45, 2.75) is 224 Å². The molecule has 65 heavy (non-hydrogen) atoms. The number of ether oxygens (including phenoxy) is 4. The number of allylic oxidation sites excluding steroid dienone is 12. The second kappa shape index (κ2) is 42.9. The predicted octanol–water partition coefficient (Wildman–Crippen LogP) is 11.5. The molecule has 12 nitrogen and oxygen atoms in total. The molecular formula is C52H90O12S. The molecule has 13 heteroatoms. The number of aliphatic hydroxyl groups is 3. The molecule has 0 radical (unpaired) electrons. The first-order valence-electron chi connectivity index (χ1n) is 25.2. The Morgan fingerprint density at radius 2 is 1.06 bits per heavy atom. The number of esters is 1. The molecule has 0 aromatic rings. The Hall–Kier alpha value is -2.46. The lowest BCUT2D eigenvalue weighted by Crippen LogP contribution is -2.60. The van der Waals surface area contributed by atoms with Crippen molar-refractivity contribution in [1.82, 2.24) is 0 Å². The molecule has 4 N–H and O–H groups in total. The summed E-state index contributed by atoms with van der Waals surface area (Å²) in [5.74, 6) is -0.415. The van der Waals surface area contributed by atoms with E-state index in [1.54, 1.807) is 0 Å². The Balaban J connectivity index is 2.41. The zero-order valence-electron chi connectivity index (χ0n) is 40.3. The fraction of sp³-hybridized carbons (Fsp3) is 0.750. The highest BCUT2D eigenvalue weighted by Gasteiger charge is 2.48. The molecular weight excluding hydrogens is 849 g/mol. The van der Waals surface area contributed by atoms with Crippen LogP contribution in [0.1, 0.15) is 187 Å². The Bertz CT molecular complexity index is 1410. The lowest BCUT2D eigenvalue weighted by Gasteiger charge is -2.41. The van der Waals surface area contributed by atoms with Crippen molar-refractivity contribution in [2.75, 3.05) is 26.4 Å². The molecule has 0 aromatic heterocycles. The number of carbonyl (C=O) groups is 1. The van der Waals surface area contributed by atoms with E-state index in [0.29, 0.717) is 13.0 Å². The van der Waals surface area contributed by atoms with Crippen LogP contribution >= 0.6 is 0 Å². The molecule has 0 aromatic carbocycles. The van der Waals surface area contributed by atoms with E-state index in [0.717, 1.165) is 89.9 Å². The van der Waals surface area contributed by atoms with E-state index in [2.05, 4.69) is 90.9 Å². The Kier molecular flexibility index (Phi) is 39.9. The molecule has 1 fully saturated rings. The molecule has 1 rings (SSSR count). The SMILES string of the molecule is CC/C=C\C/C=C\C/C=C\C/C=C\C/C=C\CCCCCCOCC(COC1OC(CO)C(O)C(OS(=O)(=O)O)C1O)OC(=O)CCCCCCCCC/C=C\CCCCCCCCC. The van der Waals surface area contributed by atoms with E-state index in [-0.39, 0.29) is 19.6 Å². The van der Waals surface area contributed by atoms with Crippen LogP contribution in [0.5, 0.6) is 0 Å². The van der Waals surface area contributed by atoms with Crippen molar-refractivity contribution in [3.63, 3.8) is 0 Å². The second-order valence-electron chi connectivity index (χ2n) is 17.0. The van der Waals surface area contributed by atoms with Crippen LogP contribution in [0.25, 0.3) is 0 Å². The first-order chi connectivity index (χ1) is 31.6. The fourth-order valence-electron chi connectivity index (χ4n) is 7.28. The van der Waals surface area contributed by atoms with Gasteiger partial charge in [0.05, 0.1) is 19.8 Å². The average Bonchev–Trinajstić information content (AvgIpc) is 3.28. The molecule has 1 saturated heterocycles. The molecule has 0 saturated carbocycles. The van der Waals surface area contributed by atoms with Gasteiger partial charge < -0.3 is 34.3 Å². The van der Waals surface area contributed by atoms with Crippen molar-refractivity contribution in [3.05, 3.63) is 72.9 Å². The van der Waals surface area contributed by atoms with Gasteiger partial charge in [0.2, 0.25) is 0 Å². The number of aliphatic hydroxyl groups excluding tert-OH is 3. The molecule has 1 aliphatic heterocycles. The van der Waals surface area contributed by atoms with Gasteiger partial charge in [0.15, 0.2) is 6.29 Å². The van der Waals surface area contributed by atoms with Crippen LogP contribution in [0.4, 0.5) is 0 Å². The molecule has 0 bridgehead atoms. The molecule has 6 atom stereocenters. The highest BCUT2D eigenvalue weighted by atomic mass is 32.3. The smallest absolute Gasteiger partial charge is 0.397 e. The summed E-state index contributed by atoms with van der Waals surface area (Å²) >= 11 is 0. The first-order valence-corrected chi connectivity index (χ1v) is 26.6. The van der Waals surface area contributed by atoms with Gasteiger partial charge in [-0.15, -0.1) is 0 Å². The van der Waals surface area contributed by atoms with E-state index in [4.69, 9.17) is 18.9 Å². The van der Waals surface area contributed by atoms with Crippen LogP contribution in [0.3, 0.4) is 0 Å². The van der Waals surface area contributed by atoms with Gasteiger partial charge in [-0.25, -0.2) is 4.18 Å². The summed E-state index contributed by atoms with van der Waals surface area (Å²) in [6, 6.07) is 0. The van der Waals surface area contributed by atoms with Crippen molar-refractivity contribution in [2.24, 2.45) is 0 Å². The van der Waals surface area contributed by atoms with Gasteiger partial charge in [0.25, 0.3) is 0 Å². The number of carbonyl (C=O) groups excluding carboxylic acids is 1. The third-order valence-electron chi connectivity index (χ3n) is 11.1. The van der Waals surface area contributed by atoms with E-state index in [9.17, 15) is 33.1 Å². The third-order valence-corrected chi connectivity index (χ3v) is 11.5. The van der Waals surface area contributed by atoms with Crippen LogP contribution < -0.4 is 0 Å². The van der Waals surface area contributed by atoms with Gasteiger partial charge in [-0.1, -0.05) is 170 Å². The second-order valence-corrected chi connectivity index (χ2v) is 18.1. The number of rotatable bonds is 43. The number of hydrogen-bond donors (Lipinski definition) is 4. The lowest BCUT2D eigenvalue weighted by molar-refractivity contribution is -0.301. The lowest BCUT2D eigenvalue weighted by atomic mass is 9.99. The fourth-order valence-corrected chi connectivity index (χ4v) is 7.79. The number of unbranched alkanes of at least 4 members (excludes halogenated alkanes) is 18. The highest BCUT2D eigenvalue weighted by Crippen LogP contribution is 2.26. The minimum Gasteiger partial charge on any atom is -0.457 e. The van der Waals surface area contributed by atoms with Crippen LogP contribution in [0.2, 0.25) is 0 Å². The van der Waals surface area contributed by atoms with Crippen LogP contribution in [-0.2, 0) is 38.3 Å². The maximum atomic E-state index is 12.9. The van der Waals surface area contributed by atoms with Gasteiger partial charge in [-0.3, -0.25) is 9.35 Å². The van der Waals surface area contributed by atoms with Gasteiger partial charge in [-0.05, 0) is 83.5 Å². The summed E-state index contributed by atoms with van der Waals surface area (Å²) < 4.78 is 59.2. The highest BCUT2D eigenvalue weighted by molar-refractivity contribution is 7.80. The first kappa shape index (κ1) is 60.6. The standard InChI is InChI=1S/C52H90O12S/c1-3-5-7-9-11-13-15-17-19-21-23-24-26-28-30-32-34-36-38-40-42-60-44-46(45-61-52-50(56)51(64-65(57,58)59)49(55)47(43-53)63-52)62-48(54)41-39-37-35-33-31-29-27-25-22-20-18-16-14-12-10-8-6-4-2/h5,7,11,13,17,19-20,22-24,28,30,46-47,49-53,55-56H,3-4,6,8-10,12,14-16,18,21,25-27,29,31-45H2,1-2H3,(H,57,58,59)/b7-5-,13-11-,19-17-,22-20-,24-23-,30-28-. The summed E-state index contributed by atoms with van der Waals surface area (Å²) in [5.41, 5.74) is 0. The predicted molar refractivity (Wildman–Crippen MR) is 262 cm³/mol. The molecule has 0 spiro atoms. The summed E-state index contributed by atoms with van der Waals surface area (Å²) in [6.07, 6.45) is 46.4. The van der Waals surface area contributed by atoms with Crippen molar-refractivity contribution in [1.29, 1.82) is 0 Å². The maximum Gasteiger partial charge on any atom is 0.397 e. The van der Waals surface area contributed by atoms with Gasteiger partial charge in [-0.2, -0.15) is 8.42 Å². The molecule has 376 valence electrons. The van der Waals surface area contributed by atoms with Gasteiger partial charge >= 0.3 is 16.4 Å². The van der Waals surface area contributed by atoms with E-state index < -0.39 is 59.8 Å². The van der Waals surface area contributed by atoms with Gasteiger partial charge in [0, 0.05) is 13.0 Å². The van der Waals surface area contributed by atoms with Crippen LogP contribution in [0, 0.1) is 0 Å². The summed E-state index contributed by atoms with van der Waals surface area (Å²) in [4.78, 5) is 12.9. The molecule has 6 unspecified atom stereocenters. The largest absolute Gasteiger partial charge is 0.457 e. The van der Waals surface area contributed by atoms with Crippen molar-refractivity contribution in [3.8, 4) is 0 Å². The van der Waals surface area contributed by atoms with Crippen molar-refractivity contribution >= 4 is 16.4 Å². The molecule has 1 heterocycles. The zero-order chi connectivity index (χ0) is 47.5. The van der Waals surface area contributed by atoms with E-state index >= 15 is 0 Å². The Labute approximate surface area is 394 Å². The average molecular weight is 939 g/mol. The maximum absolute atomic E-state index is 12.9. The van der Waals surface area contributed by atoms with Gasteiger partial charge in [0.1, 0.15) is 30.5 Å². The Morgan fingerprint density at radius 1 is 0.600 bits per heavy atom. The van der Waals surface area contributed by atoms with Crippen molar-refractivity contribution < 1.29 is 56.2 Å². The van der Waals surface area contributed by atoms with E-state index in [1.165, 1.54) is 70.6 Å². The molecule has 0 amide bonds. The molecule has 1 aliphatic rings. The van der Waals surface area contributed by atoms with Crippen LogP contribution in [-0.4, -0.2) is 97.5 Å². The minimum atomic E-state index is -5.07. The summed E-state index contributed by atoms with van der Waals surface area (Å²) in [7, 11) is -5.07. The summed E-state index contributed by atoms with van der Waals surface area (Å²) in [5, 5.41) is 30.7. The van der Waals surface area contributed by atoms with Crippen LogP contribution in [0.15, 0.2) is 72.9 Å². The number of hydrogen-bond acceptors (Lipinski definition) is 11.